The predicted molar refractivity (Wildman–Crippen MR) is 85.5 cm³/mol. The van der Waals surface area contributed by atoms with Crippen molar-refractivity contribution in [1.82, 2.24) is 29.9 Å². The number of hydrogen-bond donors (Lipinski definition) is 1. The van der Waals surface area contributed by atoms with Crippen molar-refractivity contribution >= 4 is 5.82 Å². The van der Waals surface area contributed by atoms with Gasteiger partial charge in [-0.15, -0.1) is 0 Å². The van der Waals surface area contributed by atoms with Crippen LogP contribution in [0.2, 0.25) is 0 Å². The number of hydrogen-bond acceptors (Lipinski definition) is 8. The number of anilines is 1. The molecule has 130 valence electrons. The van der Waals surface area contributed by atoms with Gasteiger partial charge in [0.2, 0.25) is 5.89 Å². The van der Waals surface area contributed by atoms with E-state index in [0.29, 0.717) is 56.0 Å². The molecule has 0 amide bonds. The molecule has 0 saturated carbocycles. The molecule has 24 heavy (non-hydrogen) atoms. The van der Waals surface area contributed by atoms with Crippen LogP contribution in [0.4, 0.5) is 10.2 Å². The molecule has 1 aliphatic rings. The minimum atomic E-state index is -0.833. The van der Waals surface area contributed by atoms with E-state index in [0.717, 1.165) is 0 Å². The van der Waals surface area contributed by atoms with E-state index < -0.39 is 6.17 Å². The van der Waals surface area contributed by atoms with Crippen molar-refractivity contribution in [3.63, 3.8) is 0 Å². The summed E-state index contributed by atoms with van der Waals surface area (Å²) in [4.78, 5) is 16.7. The first-order valence-electron chi connectivity index (χ1n) is 7.93. The summed E-state index contributed by atoms with van der Waals surface area (Å²) in [5.74, 6) is 2.22. The highest BCUT2D eigenvalue weighted by molar-refractivity contribution is 5.24. The highest BCUT2D eigenvalue weighted by atomic mass is 19.1. The van der Waals surface area contributed by atoms with Crippen molar-refractivity contribution in [2.24, 2.45) is 0 Å². The van der Waals surface area contributed by atoms with Gasteiger partial charge in [0, 0.05) is 32.3 Å². The van der Waals surface area contributed by atoms with Crippen LogP contribution >= 0.6 is 0 Å². The second kappa shape index (κ2) is 7.18. The molecule has 1 fully saturated rings. The number of rotatable bonds is 6. The van der Waals surface area contributed by atoms with Crippen LogP contribution in [0, 0.1) is 6.92 Å². The Kier molecular flexibility index (Phi) is 5.00. The molecule has 1 saturated heterocycles. The number of aromatic nitrogens is 4. The van der Waals surface area contributed by atoms with Gasteiger partial charge in [-0.05, 0) is 19.5 Å². The van der Waals surface area contributed by atoms with Crippen molar-refractivity contribution in [3.05, 3.63) is 29.8 Å². The Morgan fingerprint density at radius 1 is 1.42 bits per heavy atom. The molecule has 9 heteroatoms. The van der Waals surface area contributed by atoms with Crippen molar-refractivity contribution in [1.29, 1.82) is 0 Å². The molecular formula is C15H22FN7O. The van der Waals surface area contributed by atoms with Crippen molar-refractivity contribution < 1.29 is 8.91 Å². The number of likely N-dealkylation sites (N-methyl/N-ethyl adjacent to an activating group) is 1. The molecule has 2 aromatic rings. The van der Waals surface area contributed by atoms with Crippen LogP contribution in [0.5, 0.6) is 0 Å². The lowest BCUT2D eigenvalue weighted by Gasteiger charge is -2.27. The number of aryl methyl sites for hydroxylation is 1. The fourth-order valence-corrected chi connectivity index (χ4v) is 3.05. The van der Waals surface area contributed by atoms with E-state index in [9.17, 15) is 4.39 Å². The monoisotopic (exact) mass is 335 g/mol. The fourth-order valence-electron chi connectivity index (χ4n) is 3.05. The van der Waals surface area contributed by atoms with Gasteiger partial charge in [-0.3, -0.25) is 9.80 Å². The molecule has 0 aliphatic carbocycles. The van der Waals surface area contributed by atoms with Gasteiger partial charge in [0.1, 0.15) is 17.8 Å². The standard InChI is InChI=1S/C15H22FN7O/c1-10-19-15(21-24-10)9-23-6-11(16)5-12(23)7-22(2)8-14-18-4-3-13(17)20-14/h3-4,11-12H,5-9H2,1-2H3,(H2,17,18,20)/t11-,12-/m0/s1. The Labute approximate surface area is 139 Å². The molecule has 2 atom stereocenters. The van der Waals surface area contributed by atoms with Crippen LogP contribution in [0.3, 0.4) is 0 Å². The Bertz CT molecular complexity index is 679. The quantitative estimate of drug-likeness (QED) is 0.828. The lowest BCUT2D eigenvalue weighted by molar-refractivity contribution is 0.174. The summed E-state index contributed by atoms with van der Waals surface area (Å²) in [6, 6.07) is 1.74. The lowest BCUT2D eigenvalue weighted by atomic mass is 10.2. The maximum absolute atomic E-state index is 13.9. The number of likely N-dealkylation sites (tertiary alicyclic amines) is 1. The minimum Gasteiger partial charge on any atom is -0.384 e. The summed E-state index contributed by atoms with van der Waals surface area (Å²) in [6.45, 7) is 3.89. The van der Waals surface area contributed by atoms with Crippen LogP contribution in [0.25, 0.3) is 0 Å². The van der Waals surface area contributed by atoms with E-state index in [1.807, 2.05) is 7.05 Å². The van der Waals surface area contributed by atoms with Crippen molar-refractivity contribution in [3.8, 4) is 0 Å². The third-order valence-corrected chi connectivity index (χ3v) is 4.05. The van der Waals surface area contributed by atoms with E-state index in [-0.39, 0.29) is 6.04 Å². The number of nitrogens with two attached hydrogens (primary N) is 1. The Morgan fingerprint density at radius 2 is 2.25 bits per heavy atom. The molecule has 0 radical (unpaired) electrons. The molecule has 3 heterocycles. The summed E-state index contributed by atoms with van der Waals surface area (Å²) in [5.41, 5.74) is 5.68. The van der Waals surface area contributed by atoms with Crippen LogP contribution in [-0.2, 0) is 13.1 Å². The third-order valence-electron chi connectivity index (χ3n) is 4.05. The maximum atomic E-state index is 13.9. The molecule has 3 rings (SSSR count). The van der Waals surface area contributed by atoms with E-state index in [2.05, 4.69) is 29.9 Å². The molecule has 0 unspecified atom stereocenters. The number of nitrogens with zero attached hydrogens (tertiary/aromatic N) is 6. The predicted octanol–water partition coefficient (Wildman–Crippen LogP) is 0.795. The zero-order valence-corrected chi connectivity index (χ0v) is 13.9. The molecular weight excluding hydrogens is 313 g/mol. The van der Waals surface area contributed by atoms with Crippen molar-refractivity contribution in [2.75, 3.05) is 25.9 Å². The summed E-state index contributed by atoms with van der Waals surface area (Å²) >= 11 is 0. The zero-order chi connectivity index (χ0) is 17.1. The first-order chi connectivity index (χ1) is 11.5. The lowest BCUT2D eigenvalue weighted by Crippen LogP contribution is -2.38. The van der Waals surface area contributed by atoms with Gasteiger partial charge in [-0.1, -0.05) is 5.16 Å². The molecule has 0 bridgehead atoms. The van der Waals surface area contributed by atoms with E-state index in [1.165, 1.54) is 0 Å². The molecule has 0 spiro atoms. The highest BCUT2D eigenvalue weighted by Crippen LogP contribution is 2.23. The Morgan fingerprint density at radius 3 is 2.96 bits per heavy atom. The number of halogens is 1. The molecule has 2 N–H and O–H groups in total. The molecule has 1 aliphatic heterocycles. The van der Waals surface area contributed by atoms with E-state index in [4.69, 9.17) is 10.3 Å². The third kappa shape index (κ3) is 4.24. The van der Waals surface area contributed by atoms with Gasteiger partial charge in [0.25, 0.3) is 0 Å². The van der Waals surface area contributed by atoms with Crippen LogP contribution in [0.15, 0.2) is 16.8 Å². The Balaban J connectivity index is 1.59. The van der Waals surface area contributed by atoms with E-state index in [1.54, 1.807) is 19.2 Å². The SMILES string of the molecule is Cc1nc(CN2C[C@@H](F)C[C@H]2CN(C)Cc2nccc(N)n2)no1. The first-order valence-corrected chi connectivity index (χ1v) is 7.93. The van der Waals surface area contributed by atoms with Crippen LogP contribution in [0.1, 0.15) is 24.0 Å². The van der Waals surface area contributed by atoms with Gasteiger partial charge in [-0.2, -0.15) is 4.98 Å². The van der Waals surface area contributed by atoms with Gasteiger partial charge in [0.05, 0.1) is 13.1 Å². The normalized spacial score (nSPS) is 21.7. The van der Waals surface area contributed by atoms with Gasteiger partial charge in [-0.25, -0.2) is 14.4 Å². The zero-order valence-electron chi connectivity index (χ0n) is 13.9. The number of nitrogen functional groups attached to an aromatic ring is 1. The average Bonchev–Trinajstić information content (AvgIpc) is 3.05. The van der Waals surface area contributed by atoms with Gasteiger partial charge < -0.3 is 10.3 Å². The molecule has 0 aromatic carbocycles. The second-order valence-electron chi connectivity index (χ2n) is 6.24. The largest absolute Gasteiger partial charge is 0.384 e. The smallest absolute Gasteiger partial charge is 0.223 e. The number of alkyl halides is 1. The van der Waals surface area contributed by atoms with Gasteiger partial charge >= 0.3 is 0 Å². The van der Waals surface area contributed by atoms with Gasteiger partial charge in [0.15, 0.2) is 5.82 Å². The average molecular weight is 335 g/mol. The summed E-state index contributed by atoms with van der Waals surface area (Å²) in [7, 11) is 1.97. The van der Waals surface area contributed by atoms with E-state index >= 15 is 0 Å². The first kappa shape index (κ1) is 16.7. The van der Waals surface area contributed by atoms with Crippen LogP contribution in [-0.4, -0.2) is 62.3 Å². The molecule has 8 nitrogen and oxygen atoms in total. The second-order valence-corrected chi connectivity index (χ2v) is 6.24. The summed E-state index contributed by atoms with van der Waals surface area (Å²) in [6.07, 6.45) is 1.31. The molecule has 2 aromatic heterocycles. The minimum absolute atomic E-state index is 0.0878. The topological polar surface area (TPSA) is 97.2 Å². The summed E-state index contributed by atoms with van der Waals surface area (Å²) in [5, 5.41) is 3.90. The maximum Gasteiger partial charge on any atom is 0.223 e. The summed E-state index contributed by atoms with van der Waals surface area (Å²) < 4.78 is 18.9. The van der Waals surface area contributed by atoms with Crippen LogP contribution < -0.4 is 5.73 Å². The highest BCUT2D eigenvalue weighted by Gasteiger charge is 2.33. The fraction of sp³-hybridized carbons (Fsp3) is 0.600. The van der Waals surface area contributed by atoms with Crippen molar-refractivity contribution in [2.45, 2.75) is 38.6 Å². The Hall–Kier alpha value is -2.13.